The summed E-state index contributed by atoms with van der Waals surface area (Å²) < 4.78 is 16.0. The van der Waals surface area contributed by atoms with Gasteiger partial charge in [0, 0.05) is 23.1 Å². The van der Waals surface area contributed by atoms with Gasteiger partial charge in [-0.15, -0.1) is 0 Å². The highest BCUT2D eigenvalue weighted by atomic mass is 35.5. The number of aromatic nitrogens is 1. The van der Waals surface area contributed by atoms with Crippen LogP contribution < -0.4 is 19.5 Å². The zero-order chi connectivity index (χ0) is 22.7. The molecule has 0 aliphatic heterocycles. The highest BCUT2D eigenvalue weighted by molar-refractivity contribution is 6.32. The number of anilines is 1. The molecule has 1 amide bonds. The van der Waals surface area contributed by atoms with Gasteiger partial charge >= 0.3 is 0 Å². The molecule has 1 aromatic heterocycles. The molecule has 0 spiro atoms. The molecule has 162 valence electrons. The van der Waals surface area contributed by atoms with Gasteiger partial charge in [-0.2, -0.15) is 0 Å². The van der Waals surface area contributed by atoms with Crippen LogP contribution in [0.3, 0.4) is 0 Å². The zero-order valence-electron chi connectivity index (χ0n) is 17.8. The maximum Gasteiger partial charge on any atom is 0.256 e. The maximum atomic E-state index is 13.4. The van der Waals surface area contributed by atoms with E-state index in [2.05, 4.69) is 5.32 Å². The number of pyridine rings is 1. The SMILES string of the molecule is COc1cccc(-c2cc(C(=O)Nc3cc(OC)c(Cl)cc3OC)c3ccccc3n2)c1. The molecule has 0 atom stereocenters. The van der Waals surface area contributed by atoms with Gasteiger partial charge in [0.25, 0.3) is 5.91 Å². The number of hydrogen-bond donors (Lipinski definition) is 1. The molecule has 4 aromatic rings. The molecule has 7 heteroatoms. The van der Waals surface area contributed by atoms with Crippen LogP contribution in [0.2, 0.25) is 5.02 Å². The van der Waals surface area contributed by atoms with Crippen LogP contribution in [0.25, 0.3) is 22.2 Å². The number of amides is 1. The third-order valence-electron chi connectivity index (χ3n) is 5.05. The number of carbonyl (C=O) groups excluding carboxylic acids is 1. The van der Waals surface area contributed by atoms with E-state index in [0.717, 1.165) is 10.9 Å². The topological polar surface area (TPSA) is 69.7 Å². The second-order valence-corrected chi connectivity index (χ2v) is 7.35. The fourth-order valence-electron chi connectivity index (χ4n) is 3.44. The molecule has 0 saturated heterocycles. The van der Waals surface area contributed by atoms with Crippen LogP contribution in [0, 0.1) is 0 Å². The molecule has 32 heavy (non-hydrogen) atoms. The smallest absolute Gasteiger partial charge is 0.256 e. The molecule has 0 fully saturated rings. The number of para-hydroxylation sites is 1. The molecule has 3 aromatic carbocycles. The monoisotopic (exact) mass is 448 g/mol. The Morgan fingerprint density at radius 2 is 1.66 bits per heavy atom. The molecule has 0 saturated carbocycles. The summed E-state index contributed by atoms with van der Waals surface area (Å²) in [5.41, 5.74) is 3.13. The van der Waals surface area contributed by atoms with Crippen molar-refractivity contribution in [3.8, 4) is 28.5 Å². The van der Waals surface area contributed by atoms with E-state index in [1.165, 1.54) is 14.2 Å². The summed E-state index contributed by atoms with van der Waals surface area (Å²) in [6.45, 7) is 0. The largest absolute Gasteiger partial charge is 0.497 e. The fraction of sp³-hybridized carbons (Fsp3) is 0.120. The number of nitrogens with zero attached hydrogens (tertiary/aromatic N) is 1. The van der Waals surface area contributed by atoms with Gasteiger partial charge in [-0.1, -0.05) is 41.9 Å². The lowest BCUT2D eigenvalue weighted by molar-refractivity contribution is 0.102. The normalized spacial score (nSPS) is 10.6. The molecule has 0 aliphatic rings. The predicted molar refractivity (Wildman–Crippen MR) is 126 cm³/mol. The van der Waals surface area contributed by atoms with Crippen molar-refractivity contribution in [2.75, 3.05) is 26.6 Å². The van der Waals surface area contributed by atoms with Gasteiger partial charge in [-0.25, -0.2) is 4.98 Å². The third-order valence-corrected chi connectivity index (χ3v) is 5.34. The average molecular weight is 449 g/mol. The van der Waals surface area contributed by atoms with Crippen LogP contribution in [-0.2, 0) is 0 Å². The first-order valence-electron chi connectivity index (χ1n) is 9.81. The van der Waals surface area contributed by atoms with E-state index in [-0.39, 0.29) is 5.91 Å². The Kier molecular flexibility index (Phi) is 6.14. The molecule has 0 bridgehead atoms. The number of benzene rings is 3. The van der Waals surface area contributed by atoms with Crippen LogP contribution in [-0.4, -0.2) is 32.2 Å². The summed E-state index contributed by atoms with van der Waals surface area (Å²) in [6, 6.07) is 20.1. The first kappa shape index (κ1) is 21.5. The van der Waals surface area contributed by atoms with Crippen LogP contribution in [0.1, 0.15) is 10.4 Å². The van der Waals surface area contributed by atoms with E-state index >= 15 is 0 Å². The number of rotatable bonds is 6. The second-order valence-electron chi connectivity index (χ2n) is 6.95. The first-order chi connectivity index (χ1) is 15.5. The van der Waals surface area contributed by atoms with Crippen LogP contribution >= 0.6 is 11.6 Å². The fourth-order valence-corrected chi connectivity index (χ4v) is 3.67. The average Bonchev–Trinajstić information content (AvgIpc) is 2.84. The van der Waals surface area contributed by atoms with E-state index in [1.54, 1.807) is 25.3 Å². The number of methoxy groups -OCH3 is 3. The molecule has 6 nitrogen and oxygen atoms in total. The summed E-state index contributed by atoms with van der Waals surface area (Å²) in [4.78, 5) is 18.1. The summed E-state index contributed by atoms with van der Waals surface area (Å²) in [5.74, 6) is 1.26. The van der Waals surface area contributed by atoms with Gasteiger partial charge in [0.05, 0.1) is 48.8 Å². The van der Waals surface area contributed by atoms with E-state index in [9.17, 15) is 4.79 Å². The molecule has 0 radical (unpaired) electrons. The minimum absolute atomic E-state index is 0.310. The standard InChI is InChI=1S/C25H21ClN2O4/c1-30-16-8-6-7-15(11-16)21-12-18(17-9-4-5-10-20(17)27-21)25(29)28-22-14-23(31-2)19(26)13-24(22)32-3/h4-14H,1-3H3,(H,28,29). The Labute approximate surface area is 190 Å². The van der Waals surface area contributed by atoms with Gasteiger partial charge in [-0.3, -0.25) is 4.79 Å². The number of fused-ring (bicyclic) bond motifs is 1. The number of hydrogen-bond acceptors (Lipinski definition) is 5. The Balaban J connectivity index is 1.81. The highest BCUT2D eigenvalue weighted by Crippen LogP contribution is 2.36. The zero-order valence-corrected chi connectivity index (χ0v) is 18.6. The van der Waals surface area contributed by atoms with Crippen molar-refractivity contribution < 1.29 is 19.0 Å². The molecular weight excluding hydrogens is 428 g/mol. The summed E-state index contributed by atoms with van der Waals surface area (Å²) in [5, 5.41) is 4.04. The van der Waals surface area contributed by atoms with Gasteiger partial charge in [0.1, 0.15) is 17.2 Å². The Hall–Kier alpha value is -3.77. The highest BCUT2D eigenvalue weighted by Gasteiger charge is 2.18. The van der Waals surface area contributed by atoms with Gasteiger partial charge in [-0.05, 0) is 24.3 Å². The van der Waals surface area contributed by atoms with Crippen LogP contribution in [0.4, 0.5) is 5.69 Å². The second kappa shape index (κ2) is 9.16. The van der Waals surface area contributed by atoms with E-state index in [1.807, 2.05) is 48.5 Å². The Bertz CT molecular complexity index is 1310. The summed E-state index contributed by atoms with van der Waals surface area (Å²) >= 11 is 6.19. The first-order valence-corrected chi connectivity index (χ1v) is 10.2. The predicted octanol–water partition coefficient (Wildman–Crippen LogP) is 5.83. The molecule has 1 N–H and O–H groups in total. The lowest BCUT2D eigenvalue weighted by Gasteiger charge is -2.15. The van der Waals surface area contributed by atoms with Crippen molar-refractivity contribution in [1.29, 1.82) is 0 Å². The third kappa shape index (κ3) is 4.18. The van der Waals surface area contributed by atoms with E-state index in [4.69, 9.17) is 30.8 Å². The quantitative estimate of drug-likeness (QED) is 0.401. The number of halogens is 1. The maximum absolute atomic E-state index is 13.4. The Morgan fingerprint density at radius 1 is 0.875 bits per heavy atom. The number of nitrogens with one attached hydrogen (secondary N) is 1. The van der Waals surface area contributed by atoms with Crippen molar-refractivity contribution >= 4 is 34.1 Å². The van der Waals surface area contributed by atoms with Crippen molar-refractivity contribution in [3.05, 3.63) is 77.3 Å². The molecular formula is C25H21ClN2O4. The van der Waals surface area contributed by atoms with Gasteiger partial charge in [0.15, 0.2) is 0 Å². The van der Waals surface area contributed by atoms with E-state index < -0.39 is 0 Å². The number of ether oxygens (including phenoxy) is 3. The van der Waals surface area contributed by atoms with Crippen molar-refractivity contribution in [1.82, 2.24) is 4.98 Å². The van der Waals surface area contributed by atoms with Gasteiger partial charge < -0.3 is 19.5 Å². The van der Waals surface area contributed by atoms with E-state index in [0.29, 0.717) is 44.7 Å². The summed E-state index contributed by atoms with van der Waals surface area (Å²) in [7, 11) is 4.63. The lowest BCUT2D eigenvalue weighted by atomic mass is 10.0. The summed E-state index contributed by atoms with van der Waals surface area (Å²) in [6.07, 6.45) is 0. The molecule has 1 heterocycles. The van der Waals surface area contributed by atoms with Crippen molar-refractivity contribution in [2.24, 2.45) is 0 Å². The molecule has 0 unspecified atom stereocenters. The molecule has 0 aliphatic carbocycles. The van der Waals surface area contributed by atoms with Crippen LogP contribution in [0.15, 0.2) is 66.7 Å². The minimum Gasteiger partial charge on any atom is -0.497 e. The van der Waals surface area contributed by atoms with Crippen molar-refractivity contribution in [3.63, 3.8) is 0 Å². The Morgan fingerprint density at radius 3 is 2.41 bits per heavy atom. The number of carbonyl (C=O) groups is 1. The van der Waals surface area contributed by atoms with Gasteiger partial charge in [0.2, 0.25) is 0 Å². The van der Waals surface area contributed by atoms with Crippen molar-refractivity contribution in [2.45, 2.75) is 0 Å². The molecule has 4 rings (SSSR count). The van der Waals surface area contributed by atoms with Crippen LogP contribution in [0.5, 0.6) is 17.2 Å². The lowest BCUT2D eigenvalue weighted by Crippen LogP contribution is -2.14. The minimum atomic E-state index is -0.310.